The van der Waals surface area contributed by atoms with Crippen molar-refractivity contribution in [1.82, 2.24) is 4.90 Å². The monoisotopic (exact) mass is 337 g/mol. The highest BCUT2D eigenvalue weighted by atomic mass is 32.1. The minimum Gasteiger partial charge on any atom is -0.370 e. The average molecular weight is 337 g/mol. The zero-order chi connectivity index (χ0) is 16.5. The van der Waals surface area contributed by atoms with Gasteiger partial charge in [0.1, 0.15) is 6.10 Å². The molecule has 0 bridgehead atoms. The molecule has 3 nitrogen and oxygen atoms in total. The highest BCUT2D eigenvalue weighted by molar-refractivity contribution is 7.21. The third kappa shape index (κ3) is 2.72. The van der Waals surface area contributed by atoms with E-state index >= 15 is 0 Å². The first kappa shape index (κ1) is 15.4. The molecule has 0 N–H and O–H groups in total. The topological polar surface area (TPSA) is 29.5 Å². The van der Waals surface area contributed by atoms with Gasteiger partial charge in [-0.25, -0.2) is 0 Å². The molecule has 1 fully saturated rings. The molecule has 2 heterocycles. The maximum atomic E-state index is 13.0. The molecule has 1 aliphatic rings. The van der Waals surface area contributed by atoms with E-state index in [0.717, 1.165) is 16.0 Å². The second kappa shape index (κ2) is 6.38. The van der Waals surface area contributed by atoms with E-state index in [1.54, 1.807) is 11.3 Å². The van der Waals surface area contributed by atoms with E-state index in [0.29, 0.717) is 19.7 Å². The quantitative estimate of drug-likeness (QED) is 0.692. The Morgan fingerprint density at radius 1 is 1.12 bits per heavy atom. The molecule has 1 amide bonds. The van der Waals surface area contributed by atoms with Gasteiger partial charge in [-0.15, -0.1) is 11.3 Å². The maximum Gasteiger partial charge on any atom is 0.264 e. The highest BCUT2D eigenvalue weighted by Crippen LogP contribution is 2.32. The number of rotatable bonds is 2. The van der Waals surface area contributed by atoms with Crippen LogP contribution in [0.3, 0.4) is 0 Å². The molecule has 24 heavy (non-hydrogen) atoms. The fourth-order valence-electron chi connectivity index (χ4n) is 3.23. The Bertz CT molecular complexity index is 872. The van der Waals surface area contributed by atoms with Crippen molar-refractivity contribution in [1.29, 1.82) is 0 Å². The average Bonchev–Trinajstić information content (AvgIpc) is 2.99. The Labute approximate surface area is 145 Å². The van der Waals surface area contributed by atoms with Crippen molar-refractivity contribution in [2.45, 2.75) is 13.0 Å². The van der Waals surface area contributed by atoms with E-state index in [2.05, 4.69) is 24.3 Å². The Balaban J connectivity index is 1.60. The van der Waals surface area contributed by atoms with Crippen molar-refractivity contribution in [3.8, 4) is 0 Å². The number of nitrogens with zero attached hydrogens (tertiary/aromatic N) is 1. The Hall–Kier alpha value is -2.17. The summed E-state index contributed by atoms with van der Waals surface area (Å²) < 4.78 is 7.05. The van der Waals surface area contributed by atoms with Crippen LogP contribution < -0.4 is 0 Å². The lowest BCUT2D eigenvalue weighted by molar-refractivity contribution is -0.0226. The lowest BCUT2D eigenvalue weighted by Gasteiger charge is -2.33. The van der Waals surface area contributed by atoms with E-state index in [1.807, 2.05) is 42.2 Å². The number of morpholine rings is 1. The molecular weight excluding hydrogens is 318 g/mol. The third-order valence-electron chi connectivity index (χ3n) is 4.56. The van der Waals surface area contributed by atoms with Crippen molar-refractivity contribution in [2.24, 2.45) is 0 Å². The van der Waals surface area contributed by atoms with Crippen molar-refractivity contribution >= 4 is 27.3 Å². The Morgan fingerprint density at radius 3 is 2.67 bits per heavy atom. The molecule has 0 saturated carbocycles. The molecule has 1 atom stereocenters. The van der Waals surface area contributed by atoms with Crippen LogP contribution in [0.15, 0.2) is 54.6 Å². The summed E-state index contributed by atoms with van der Waals surface area (Å²) in [5, 5.41) is 1.18. The summed E-state index contributed by atoms with van der Waals surface area (Å²) in [6, 6.07) is 18.3. The molecule has 1 aliphatic heterocycles. The summed E-state index contributed by atoms with van der Waals surface area (Å²) in [6.45, 7) is 3.88. The molecule has 1 unspecified atom stereocenters. The van der Waals surface area contributed by atoms with E-state index < -0.39 is 0 Å². The van der Waals surface area contributed by atoms with Crippen LogP contribution >= 0.6 is 11.3 Å². The van der Waals surface area contributed by atoms with Gasteiger partial charge in [0.05, 0.1) is 18.0 Å². The number of hydrogen-bond acceptors (Lipinski definition) is 3. The van der Waals surface area contributed by atoms with E-state index in [1.165, 1.54) is 10.1 Å². The number of aryl methyl sites for hydroxylation is 1. The summed E-state index contributed by atoms with van der Waals surface area (Å²) in [5.41, 5.74) is 2.21. The first-order chi connectivity index (χ1) is 11.7. The molecule has 1 aromatic heterocycles. The lowest BCUT2D eigenvalue weighted by Crippen LogP contribution is -2.42. The predicted octanol–water partition coefficient (Wildman–Crippen LogP) is 4.42. The van der Waals surface area contributed by atoms with Crippen LogP contribution in [-0.2, 0) is 4.74 Å². The fraction of sp³-hybridized carbons (Fsp3) is 0.250. The minimum atomic E-state index is -0.0430. The van der Waals surface area contributed by atoms with Crippen LogP contribution in [0.1, 0.15) is 26.9 Å². The van der Waals surface area contributed by atoms with E-state index in [9.17, 15) is 4.79 Å². The normalized spacial score (nSPS) is 18.0. The largest absolute Gasteiger partial charge is 0.370 e. The number of ether oxygens (including phenoxy) is 1. The van der Waals surface area contributed by atoms with Crippen LogP contribution in [-0.4, -0.2) is 30.5 Å². The summed E-state index contributed by atoms with van der Waals surface area (Å²) in [6.07, 6.45) is -0.0430. The van der Waals surface area contributed by atoms with Crippen molar-refractivity contribution < 1.29 is 9.53 Å². The van der Waals surface area contributed by atoms with E-state index in [-0.39, 0.29) is 12.0 Å². The summed E-state index contributed by atoms with van der Waals surface area (Å²) in [5.74, 6) is 0.123. The highest BCUT2D eigenvalue weighted by Gasteiger charge is 2.28. The van der Waals surface area contributed by atoms with Crippen molar-refractivity contribution in [2.75, 3.05) is 19.7 Å². The van der Waals surface area contributed by atoms with Crippen molar-refractivity contribution in [3.63, 3.8) is 0 Å². The standard InChI is InChI=1S/C20H19NO2S/c1-14-16-9-5-6-10-18(16)24-19(14)20(22)21-11-12-23-17(13-21)15-7-3-2-4-8-15/h2-10,17H,11-13H2,1H3. The number of amides is 1. The second-order valence-corrected chi connectivity index (χ2v) is 7.13. The van der Waals surface area contributed by atoms with E-state index in [4.69, 9.17) is 4.74 Å². The first-order valence-electron chi connectivity index (χ1n) is 8.18. The van der Waals surface area contributed by atoms with Gasteiger partial charge in [-0.3, -0.25) is 4.79 Å². The molecule has 0 radical (unpaired) electrons. The molecule has 2 aromatic carbocycles. The molecule has 4 rings (SSSR count). The molecule has 4 heteroatoms. The van der Waals surface area contributed by atoms with Gasteiger partial charge in [0.15, 0.2) is 0 Å². The van der Waals surface area contributed by atoms with Gasteiger partial charge < -0.3 is 9.64 Å². The van der Waals surface area contributed by atoms with Gasteiger partial charge in [-0.05, 0) is 29.5 Å². The van der Waals surface area contributed by atoms with Crippen LogP contribution in [0.4, 0.5) is 0 Å². The summed E-state index contributed by atoms with van der Waals surface area (Å²) in [7, 11) is 0. The molecule has 0 aliphatic carbocycles. The number of carbonyl (C=O) groups is 1. The first-order valence-corrected chi connectivity index (χ1v) is 8.99. The number of fused-ring (bicyclic) bond motifs is 1. The zero-order valence-electron chi connectivity index (χ0n) is 13.6. The third-order valence-corrected chi connectivity index (χ3v) is 5.82. The fourth-order valence-corrected chi connectivity index (χ4v) is 4.40. The van der Waals surface area contributed by atoms with Gasteiger partial charge >= 0.3 is 0 Å². The maximum absolute atomic E-state index is 13.0. The molecular formula is C20H19NO2S. The second-order valence-electron chi connectivity index (χ2n) is 6.07. The minimum absolute atomic E-state index is 0.0430. The number of carbonyl (C=O) groups excluding carboxylic acids is 1. The van der Waals surface area contributed by atoms with Gasteiger partial charge in [0, 0.05) is 11.2 Å². The van der Waals surface area contributed by atoms with Crippen LogP contribution in [0.2, 0.25) is 0 Å². The van der Waals surface area contributed by atoms with Crippen LogP contribution in [0, 0.1) is 6.92 Å². The molecule has 1 saturated heterocycles. The van der Waals surface area contributed by atoms with Gasteiger partial charge in [0.2, 0.25) is 0 Å². The van der Waals surface area contributed by atoms with Crippen molar-refractivity contribution in [3.05, 3.63) is 70.6 Å². The van der Waals surface area contributed by atoms with Gasteiger partial charge in [-0.2, -0.15) is 0 Å². The summed E-state index contributed by atoms with van der Waals surface area (Å²) in [4.78, 5) is 15.8. The number of benzene rings is 2. The smallest absolute Gasteiger partial charge is 0.264 e. The number of hydrogen-bond donors (Lipinski definition) is 0. The zero-order valence-corrected chi connectivity index (χ0v) is 14.4. The number of thiophene rings is 1. The van der Waals surface area contributed by atoms with Crippen LogP contribution in [0.5, 0.6) is 0 Å². The lowest BCUT2D eigenvalue weighted by atomic mass is 10.1. The molecule has 3 aromatic rings. The summed E-state index contributed by atoms with van der Waals surface area (Å²) >= 11 is 1.59. The Morgan fingerprint density at radius 2 is 1.88 bits per heavy atom. The predicted molar refractivity (Wildman–Crippen MR) is 97.6 cm³/mol. The van der Waals surface area contributed by atoms with Gasteiger partial charge in [0.25, 0.3) is 5.91 Å². The Kier molecular flexibility index (Phi) is 4.08. The van der Waals surface area contributed by atoms with Gasteiger partial charge in [-0.1, -0.05) is 48.5 Å². The van der Waals surface area contributed by atoms with Crippen LogP contribution in [0.25, 0.3) is 10.1 Å². The SMILES string of the molecule is Cc1c(C(=O)N2CCOC(c3ccccc3)C2)sc2ccccc12. The molecule has 0 spiro atoms. The molecule has 122 valence electrons.